The fraction of sp³-hybridized carbons (Fsp3) is 0.200. The van der Waals surface area contributed by atoms with Crippen LogP contribution in [0.4, 0.5) is 5.69 Å². The normalized spacial score (nSPS) is 21.2. The van der Waals surface area contributed by atoms with Crippen molar-refractivity contribution in [2.45, 2.75) is 6.92 Å². The molecule has 1 aliphatic heterocycles. The third-order valence-electron chi connectivity index (χ3n) is 2.00. The minimum atomic E-state index is -0.0970. The molecule has 0 spiro atoms. The zero-order valence-electron chi connectivity index (χ0n) is 7.34. The second-order valence-electron chi connectivity index (χ2n) is 3.04. The van der Waals surface area contributed by atoms with Crippen LogP contribution in [0, 0.1) is 5.92 Å². The molecule has 0 bridgehead atoms. The molecule has 1 aromatic carbocycles. The molecule has 1 aromatic rings. The first-order valence-electron chi connectivity index (χ1n) is 4.22. The van der Waals surface area contributed by atoms with E-state index in [9.17, 15) is 4.79 Å². The molecule has 1 atom stereocenters. The van der Waals surface area contributed by atoms with Crippen molar-refractivity contribution < 1.29 is 4.79 Å². The molecule has 0 aromatic heterocycles. The van der Waals surface area contributed by atoms with Gasteiger partial charge in [0.2, 0.25) is 0 Å². The Bertz CT molecular complexity index is 345. The molecular formula is C10H10N2O. The Morgan fingerprint density at radius 3 is 2.54 bits per heavy atom. The Kier molecular flexibility index (Phi) is 1.85. The lowest BCUT2D eigenvalue weighted by atomic mass is 10.2. The summed E-state index contributed by atoms with van der Waals surface area (Å²) in [5.41, 5.74) is 0.827. The van der Waals surface area contributed by atoms with E-state index in [1.165, 1.54) is 5.01 Å². The molecule has 3 heteroatoms. The van der Waals surface area contributed by atoms with Crippen LogP contribution in [0.2, 0.25) is 0 Å². The lowest BCUT2D eigenvalue weighted by molar-refractivity contribution is -0.119. The number of carbonyl (C=O) groups excluding carboxylic acids is 1. The van der Waals surface area contributed by atoms with Crippen molar-refractivity contribution in [3.05, 3.63) is 30.3 Å². The molecule has 0 radical (unpaired) electrons. The molecule has 1 amide bonds. The monoisotopic (exact) mass is 174 g/mol. The Hall–Kier alpha value is -1.64. The molecule has 13 heavy (non-hydrogen) atoms. The molecule has 0 saturated heterocycles. The van der Waals surface area contributed by atoms with E-state index in [0.717, 1.165) is 5.69 Å². The Morgan fingerprint density at radius 1 is 1.31 bits per heavy atom. The lowest BCUT2D eigenvalue weighted by Crippen LogP contribution is -2.24. The highest BCUT2D eigenvalue weighted by Crippen LogP contribution is 2.19. The van der Waals surface area contributed by atoms with Gasteiger partial charge < -0.3 is 0 Å². The van der Waals surface area contributed by atoms with Crippen LogP contribution in [0.1, 0.15) is 6.92 Å². The number of hydrogen-bond acceptors (Lipinski definition) is 2. The van der Waals surface area contributed by atoms with Crippen molar-refractivity contribution in [3.8, 4) is 0 Å². The van der Waals surface area contributed by atoms with Crippen LogP contribution in [0.25, 0.3) is 0 Å². The van der Waals surface area contributed by atoms with E-state index in [-0.39, 0.29) is 11.8 Å². The summed E-state index contributed by atoms with van der Waals surface area (Å²) in [5, 5.41) is 5.46. The van der Waals surface area contributed by atoms with Gasteiger partial charge >= 0.3 is 0 Å². The smallest absolute Gasteiger partial charge is 0.255 e. The number of nitrogens with zero attached hydrogens (tertiary/aromatic N) is 2. The second-order valence-corrected chi connectivity index (χ2v) is 3.04. The van der Waals surface area contributed by atoms with E-state index in [1.54, 1.807) is 6.21 Å². The number of anilines is 1. The van der Waals surface area contributed by atoms with Crippen LogP contribution in [0.5, 0.6) is 0 Å². The molecule has 1 aliphatic rings. The van der Waals surface area contributed by atoms with Gasteiger partial charge in [0.1, 0.15) is 0 Å². The average molecular weight is 174 g/mol. The van der Waals surface area contributed by atoms with E-state index in [2.05, 4.69) is 5.10 Å². The quantitative estimate of drug-likeness (QED) is 0.637. The summed E-state index contributed by atoms with van der Waals surface area (Å²) in [7, 11) is 0. The third kappa shape index (κ3) is 1.33. The van der Waals surface area contributed by atoms with Crippen LogP contribution in [-0.4, -0.2) is 12.1 Å². The minimum Gasteiger partial charge on any atom is -0.272 e. The van der Waals surface area contributed by atoms with E-state index in [4.69, 9.17) is 0 Å². The van der Waals surface area contributed by atoms with Gasteiger partial charge in [0.15, 0.2) is 0 Å². The largest absolute Gasteiger partial charge is 0.272 e. The highest BCUT2D eigenvalue weighted by molar-refractivity contribution is 6.07. The summed E-state index contributed by atoms with van der Waals surface area (Å²) < 4.78 is 0. The second kappa shape index (κ2) is 3.01. The minimum absolute atomic E-state index is 0.0335. The van der Waals surface area contributed by atoms with Crippen molar-refractivity contribution in [2.75, 3.05) is 5.01 Å². The van der Waals surface area contributed by atoms with Gasteiger partial charge in [-0.15, -0.1) is 0 Å². The number of hydrogen-bond donors (Lipinski definition) is 0. The highest BCUT2D eigenvalue weighted by atomic mass is 16.2. The van der Waals surface area contributed by atoms with Gasteiger partial charge in [-0.2, -0.15) is 5.10 Å². The highest BCUT2D eigenvalue weighted by Gasteiger charge is 2.25. The number of amides is 1. The summed E-state index contributed by atoms with van der Waals surface area (Å²) in [5.74, 6) is -0.0635. The van der Waals surface area contributed by atoms with Gasteiger partial charge in [-0.3, -0.25) is 4.79 Å². The molecule has 66 valence electrons. The zero-order valence-corrected chi connectivity index (χ0v) is 7.34. The van der Waals surface area contributed by atoms with Crippen LogP contribution < -0.4 is 5.01 Å². The summed E-state index contributed by atoms with van der Waals surface area (Å²) in [4.78, 5) is 11.5. The first-order valence-corrected chi connectivity index (χ1v) is 4.22. The van der Waals surface area contributed by atoms with E-state index >= 15 is 0 Å². The molecule has 0 unspecified atom stereocenters. The summed E-state index contributed by atoms with van der Waals surface area (Å²) >= 11 is 0. The Morgan fingerprint density at radius 2 is 2.00 bits per heavy atom. The van der Waals surface area contributed by atoms with E-state index < -0.39 is 0 Å². The summed E-state index contributed by atoms with van der Waals surface area (Å²) in [6.07, 6.45) is 1.66. The third-order valence-corrected chi connectivity index (χ3v) is 2.00. The van der Waals surface area contributed by atoms with Gasteiger partial charge in [-0.1, -0.05) is 18.2 Å². The van der Waals surface area contributed by atoms with Crippen LogP contribution in [-0.2, 0) is 4.79 Å². The summed E-state index contributed by atoms with van der Waals surface area (Å²) in [6, 6.07) is 9.43. The molecule has 2 rings (SSSR count). The molecule has 1 heterocycles. The van der Waals surface area contributed by atoms with Crippen molar-refractivity contribution in [2.24, 2.45) is 11.0 Å². The van der Waals surface area contributed by atoms with E-state index in [1.807, 2.05) is 37.3 Å². The first-order chi connectivity index (χ1) is 6.29. The standard InChI is InChI=1S/C10H10N2O/c1-8-7-11-12(10(8)13)9-5-3-2-4-6-9/h2-8H,1H3/t8-/m0/s1. The fourth-order valence-corrected chi connectivity index (χ4v) is 1.24. The fourth-order valence-electron chi connectivity index (χ4n) is 1.24. The Labute approximate surface area is 76.7 Å². The SMILES string of the molecule is C[C@H]1C=NN(c2ccccc2)C1=O. The molecule has 0 N–H and O–H groups in total. The molecule has 0 aliphatic carbocycles. The molecular weight excluding hydrogens is 164 g/mol. The maximum atomic E-state index is 11.5. The predicted molar refractivity (Wildman–Crippen MR) is 51.6 cm³/mol. The van der Waals surface area contributed by atoms with Crippen molar-refractivity contribution in [3.63, 3.8) is 0 Å². The topological polar surface area (TPSA) is 32.7 Å². The van der Waals surface area contributed by atoms with Crippen LogP contribution in [0.15, 0.2) is 35.4 Å². The zero-order chi connectivity index (χ0) is 9.26. The van der Waals surface area contributed by atoms with Gasteiger partial charge in [0.25, 0.3) is 5.91 Å². The number of benzene rings is 1. The van der Waals surface area contributed by atoms with Crippen molar-refractivity contribution in [1.29, 1.82) is 0 Å². The molecule has 0 saturated carbocycles. The number of carbonyl (C=O) groups is 1. The maximum Gasteiger partial charge on any atom is 0.255 e. The maximum absolute atomic E-state index is 11.5. The van der Waals surface area contributed by atoms with Gasteiger partial charge in [0, 0.05) is 6.21 Å². The van der Waals surface area contributed by atoms with Crippen LogP contribution in [0.3, 0.4) is 0 Å². The van der Waals surface area contributed by atoms with Gasteiger partial charge in [0.05, 0.1) is 11.6 Å². The average Bonchev–Trinajstić information content (AvgIpc) is 2.49. The Balaban J connectivity index is 2.30. The molecule has 3 nitrogen and oxygen atoms in total. The number of hydrazone groups is 1. The first kappa shape index (κ1) is 7.98. The van der Waals surface area contributed by atoms with Crippen LogP contribution >= 0.6 is 0 Å². The van der Waals surface area contributed by atoms with Crippen molar-refractivity contribution in [1.82, 2.24) is 0 Å². The lowest BCUT2D eigenvalue weighted by Gasteiger charge is -2.11. The number of para-hydroxylation sites is 1. The number of rotatable bonds is 1. The van der Waals surface area contributed by atoms with E-state index in [0.29, 0.717) is 0 Å². The summed E-state index contributed by atoms with van der Waals surface area (Å²) in [6.45, 7) is 1.84. The van der Waals surface area contributed by atoms with Crippen molar-refractivity contribution >= 4 is 17.8 Å². The van der Waals surface area contributed by atoms with Gasteiger partial charge in [-0.25, -0.2) is 5.01 Å². The molecule has 0 fully saturated rings. The van der Waals surface area contributed by atoms with Gasteiger partial charge in [-0.05, 0) is 19.1 Å². The predicted octanol–water partition coefficient (Wildman–Crippen LogP) is 1.66.